The van der Waals surface area contributed by atoms with Crippen LogP contribution in [0.2, 0.25) is 6.43 Å². The van der Waals surface area contributed by atoms with Gasteiger partial charge in [0.05, 0.1) is 8.22 Å². The Balaban J connectivity index is 1.76. The monoisotopic (exact) mass is 468 g/mol. The second-order valence-corrected chi connectivity index (χ2v) is 7.40. The number of carbonyl (C=O) groups is 4. The molecule has 0 aliphatic carbocycles. The van der Waals surface area contributed by atoms with Crippen LogP contribution in [0.15, 0.2) is 42.4 Å². The maximum Gasteiger partial charge on any atom is 0.349 e. The number of halogens is 3. The Hall–Kier alpha value is -3.33. The Morgan fingerprint density at radius 2 is 2.06 bits per heavy atom. The zero-order chi connectivity index (χ0) is 29.2. The van der Waals surface area contributed by atoms with Crippen molar-refractivity contribution in [3.8, 4) is 0 Å². The fourth-order valence-electron chi connectivity index (χ4n) is 3.18. The average molecular weight is 469 g/mol. The van der Waals surface area contributed by atoms with Crippen molar-refractivity contribution in [2.24, 2.45) is 0 Å². The number of hydrogen-bond acceptors (Lipinski definition) is 4. The van der Waals surface area contributed by atoms with Crippen LogP contribution in [0.4, 0.5) is 8.78 Å². The van der Waals surface area contributed by atoms with Gasteiger partial charge in [0.2, 0.25) is 11.8 Å². The third-order valence-corrected chi connectivity index (χ3v) is 5.08. The maximum atomic E-state index is 14.9. The van der Waals surface area contributed by atoms with Gasteiger partial charge >= 0.3 is 5.92 Å². The van der Waals surface area contributed by atoms with Crippen molar-refractivity contribution >= 4 is 35.2 Å². The van der Waals surface area contributed by atoms with E-state index in [-0.39, 0.29) is 17.9 Å². The van der Waals surface area contributed by atoms with Crippen LogP contribution in [0, 0.1) is 0 Å². The molecular formula is C22H18ClF2N3O4. The van der Waals surface area contributed by atoms with Gasteiger partial charge in [0.1, 0.15) is 6.04 Å². The first kappa shape index (κ1) is 14.7. The van der Waals surface area contributed by atoms with Gasteiger partial charge in [-0.25, -0.2) is 0 Å². The van der Waals surface area contributed by atoms with E-state index in [2.05, 4.69) is 0 Å². The minimum absolute atomic E-state index is 0.0789. The van der Waals surface area contributed by atoms with Gasteiger partial charge in [-0.3, -0.25) is 24.5 Å². The molecule has 2 aliphatic heterocycles. The summed E-state index contributed by atoms with van der Waals surface area (Å²) in [5, 5.41) is 1.34. The summed E-state index contributed by atoms with van der Waals surface area (Å²) in [7, 11) is 0. The Labute approximate surface area is 196 Å². The number of fused-ring (bicyclic) bond motifs is 1. The predicted octanol–water partition coefficient (Wildman–Crippen LogP) is 2.51. The van der Waals surface area contributed by atoms with E-state index in [0.717, 1.165) is 24.3 Å². The molecule has 0 aromatic heterocycles. The number of alkyl halides is 2. The quantitative estimate of drug-likeness (QED) is 0.659. The predicted molar refractivity (Wildman–Crippen MR) is 110 cm³/mol. The summed E-state index contributed by atoms with van der Waals surface area (Å²) < 4.78 is 87.7. The van der Waals surface area contributed by atoms with Crippen molar-refractivity contribution < 1.29 is 37.6 Å². The molecule has 1 atom stereocenters. The van der Waals surface area contributed by atoms with E-state index in [0.29, 0.717) is 11.0 Å². The molecule has 166 valence electrons. The number of imide groups is 1. The lowest BCUT2D eigenvalue weighted by atomic mass is 10.0. The highest BCUT2D eigenvalue weighted by Crippen LogP contribution is 2.30. The van der Waals surface area contributed by atoms with Crippen LogP contribution in [-0.4, -0.2) is 34.6 Å². The molecule has 4 rings (SSSR count). The third-order valence-electron chi connectivity index (χ3n) is 4.83. The molecule has 0 spiro atoms. The van der Waals surface area contributed by atoms with Gasteiger partial charge in [-0.1, -0.05) is 35.8 Å². The Morgan fingerprint density at radius 1 is 1.34 bits per heavy atom. The second kappa shape index (κ2) is 8.31. The number of benzene rings is 2. The number of carbonyl (C=O) groups excluding carboxylic acids is 4. The summed E-state index contributed by atoms with van der Waals surface area (Å²) >= 11 is 5.67. The van der Waals surface area contributed by atoms with Crippen LogP contribution in [0.1, 0.15) is 48.1 Å². The first-order valence-corrected chi connectivity index (χ1v) is 9.61. The minimum Gasteiger partial charge on any atom is -0.346 e. The number of piperidine rings is 1. The number of nitrogens with zero attached hydrogens (tertiary/aromatic N) is 1. The van der Waals surface area contributed by atoms with E-state index in [9.17, 15) is 28.0 Å². The van der Waals surface area contributed by atoms with Gasteiger partial charge in [0, 0.05) is 35.6 Å². The first-order valence-electron chi connectivity index (χ1n) is 12.7. The van der Waals surface area contributed by atoms with Gasteiger partial charge in [-0.05, 0) is 35.7 Å². The first-order chi connectivity index (χ1) is 17.9. The molecule has 2 aromatic carbocycles. The standard InChI is InChI=1S/C22H18ClF2N3O4/c23-15-4-2-14(3-5-15)22(24,25)21(32)26-10-12-1-6-16-13(9-12)11-28(20(16)31)17-7-8-18(29)27-19(17)30/h1-6,9,17H,7-8,10-11H2,(H,26,32)(H,27,29,30)/i1D,6D,10D2,11D2/hD. The molecule has 7 nitrogen and oxygen atoms in total. The van der Waals surface area contributed by atoms with Crippen LogP contribution >= 0.6 is 11.6 Å². The molecule has 4 amide bonds. The summed E-state index contributed by atoms with van der Waals surface area (Å²) in [4.78, 5) is 50.1. The van der Waals surface area contributed by atoms with E-state index in [1.807, 2.05) is 5.32 Å². The van der Waals surface area contributed by atoms with E-state index in [1.165, 1.54) is 0 Å². The second-order valence-electron chi connectivity index (χ2n) is 6.96. The molecule has 1 saturated heterocycles. The highest BCUT2D eigenvalue weighted by molar-refractivity contribution is 6.30. The van der Waals surface area contributed by atoms with E-state index in [4.69, 9.17) is 21.2 Å². The topological polar surface area (TPSA) is 95.6 Å². The van der Waals surface area contributed by atoms with E-state index < -0.39 is 88.2 Å². The number of rotatable bonds is 5. The third kappa shape index (κ3) is 4.08. The summed E-state index contributed by atoms with van der Waals surface area (Å²) in [5.41, 5.74) is -3.25. The van der Waals surface area contributed by atoms with E-state index >= 15 is 0 Å². The molecule has 2 aromatic rings. The highest BCUT2D eigenvalue weighted by Gasteiger charge is 2.41. The van der Waals surface area contributed by atoms with Crippen molar-refractivity contribution in [3.63, 3.8) is 0 Å². The average Bonchev–Trinajstić information content (AvgIpc) is 3.05. The van der Waals surface area contributed by atoms with Gasteiger partial charge in [0.25, 0.3) is 11.8 Å². The SMILES string of the molecule is [2H]c1c(C([2H])([2H])N([2H])C(=O)C(F)(F)c2ccc(Cl)cc2)cc2c(c1[2H])C(=O)N(C1CCC(=O)NC1=O)C2([2H])[2H]. The van der Waals surface area contributed by atoms with Gasteiger partial charge < -0.3 is 10.2 Å². The summed E-state index contributed by atoms with van der Waals surface area (Å²) in [6.07, 6.45) is -0.455. The largest absolute Gasteiger partial charge is 0.349 e. The van der Waals surface area contributed by atoms with Crippen molar-refractivity contribution in [3.05, 3.63) is 69.7 Å². The Bertz CT molecular complexity index is 1430. The summed E-state index contributed by atoms with van der Waals surface area (Å²) in [6.45, 7) is -6.37. The van der Waals surface area contributed by atoms with Crippen LogP contribution < -0.4 is 10.6 Å². The molecular weight excluding hydrogens is 444 g/mol. The molecule has 2 heterocycles. The zero-order valence-electron chi connectivity index (χ0n) is 23.0. The van der Waals surface area contributed by atoms with Crippen LogP contribution in [0.25, 0.3) is 0 Å². The van der Waals surface area contributed by atoms with Gasteiger partial charge in [0.15, 0.2) is 1.41 Å². The normalized spacial score (nSPS) is 23.6. The van der Waals surface area contributed by atoms with E-state index in [1.54, 1.807) is 0 Å². The highest BCUT2D eigenvalue weighted by atomic mass is 35.5. The van der Waals surface area contributed by atoms with Crippen molar-refractivity contribution in [2.45, 2.75) is 37.8 Å². The van der Waals surface area contributed by atoms with Crippen molar-refractivity contribution in [2.75, 3.05) is 0 Å². The Kier molecular flexibility index (Phi) is 3.81. The zero-order valence-corrected chi connectivity index (χ0v) is 16.8. The molecule has 32 heavy (non-hydrogen) atoms. The number of amides is 4. The molecule has 2 aliphatic rings. The summed E-state index contributed by atoms with van der Waals surface area (Å²) in [6, 6.07) is 0.800. The molecule has 2 N–H and O–H groups in total. The molecule has 0 saturated carbocycles. The van der Waals surface area contributed by atoms with Crippen LogP contribution in [0.3, 0.4) is 0 Å². The lowest BCUT2D eigenvalue weighted by Crippen LogP contribution is -2.52. The van der Waals surface area contributed by atoms with Gasteiger partial charge in [-0.15, -0.1) is 0 Å². The maximum absolute atomic E-state index is 14.9. The molecule has 1 unspecified atom stereocenters. The number of nitrogens with one attached hydrogen (secondary N) is 2. The van der Waals surface area contributed by atoms with Crippen LogP contribution in [0.5, 0.6) is 0 Å². The number of hydrogen-bond donors (Lipinski definition) is 2. The summed E-state index contributed by atoms with van der Waals surface area (Å²) in [5.74, 6) is -9.53. The van der Waals surface area contributed by atoms with Crippen molar-refractivity contribution in [1.82, 2.24) is 15.5 Å². The van der Waals surface area contributed by atoms with Crippen molar-refractivity contribution in [1.29, 1.82) is 0 Å². The molecule has 1 fully saturated rings. The molecule has 0 bridgehead atoms. The molecule has 10 heteroatoms. The lowest BCUT2D eigenvalue weighted by Gasteiger charge is -2.29. The van der Waals surface area contributed by atoms with Crippen LogP contribution in [-0.2, 0) is 33.3 Å². The fourth-order valence-corrected chi connectivity index (χ4v) is 3.31. The molecule has 0 radical (unpaired) electrons. The lowest BCUT2D eigenvalue weighted by molar-refractivity contribution is -0.147. The minimum atomic E-state index is -4.41. The van der Waals surface area contributed by atoms with Gasteiger partial charge in [-0.2, -0.15) is 8.78 Å². The Morgan fingerprint density at radius 3 is 2.75 bits per heavy atom. The smallest absolute Gasteiger partial charge is 0.346 e. The fraction of sp³-hybridized carbons (Fsp3) is 0.273.